The summed E-state index contributed by atoms with van der Waals surface area (Å²) in [5.74, 6) is 0. The first-order valence-electron chi connectivity index (χ1n) is 5.34. The third kappa shape index (κ3) is 3.54. The molecule has 0 aromatic rings. The lowest BCUT2D eigenvalue weighted by Gasteiger charge is -2.24. The van der Waals surface area contributed by atoms with Crippen molar-refractivity contribution in [2.75, 3.05) is 26.7 Å². The standard InChI is InChI=1S/C10H20N2O2/c1-3-12(2)10(13)11-8-9-6-4-5-7-14-9/h9H,3-8H2,1-2H3,(H,11,13). The minimum Gasteiger partial charge on any atom is -0.376 e. The van der Waals surface area contributed by atoms with Gasteiger partial charge in [-0.25, -0.2) is 4.79 Å². The maximum absolute atomic E-state index is 11.4. The third-order valence-corrected chi connectivity index (χ3v) is 2.58. The van der Waals surface area contributed by atoms with Crippen LogP contribution in [0, 0.1) is 0 Å². The lowest BCUT2D eigenvalue weighted by molar-refractivity contribution is 0.0179. The topological polar surface area (TPSA) is 41.6 Å². The van der Waals surface area contributed by atoms with Crippen LogP contribution >= 0.6 is 0 Å². The molecule has 1 unspecified atom stereocenters. The molecule has 1 atom stereocenters. The smallest absolute Gasteiger partial charge is 0.317 e. The highest BCUT2D eigenvalue weighted by atomic mass is 16.5. The second-order valence-electron chi connectivity index (χ2n) is 3.69. The molecule has 1 fully saturated rings. The van der Waals surface area contributed by atoms with E-state index in [4.69, 9.17) is 4.74 Å². The van der Waals surface area contributed by atoms with E-state index in [1.54, 1.807) is 11.9 Å². The molecule has 0 aliphatic carbocycles. The minimum atomic E-state index is -0.0123. The quantitative estimate of drug-likeness (QED) is 0.744. The number of urea groups is 1. The number of hydrogen-bond donors (Lipinski definition) is 1. The van der Waals surface area contributed by atoms with Gasteiger partial charge in [0.1, 0.15) is 0 Å². The molecule has 14 heavy (non-hydrogen) atoms. The molecule has 1 aliphatic rings. The maximum atomic E-state index is 11.4. The molecule has 1 heterocycles. The molecule has 1 rings (SSSR count). The van der Waals surface area contributed by atoms with E-state index in [1.165, 1.54) is 6.42 Å². The number of amides is 2. The van der Waals surface area contributed by atoms with Gasteiger partial charge in [0.2, 0.25) is 0 Å². The van der Waals surface area contributed by atoms with Gasteiger partial charge < -0.3 is 15.0 Å². The lowest BCUT2D eigenvalue weighted by atomic mass is 10.1. The largest absolute Gasteiger partial charge is 0.376 e. The molecule has 4 heteroatoms. The average molecular weight is 200 g/mol. The van der Waals surface area contributed by atoms with Crippen LogP contribution in [-0.4, -0.2) is 43.8 Å². The van der Waals surface area contributed by atoms with Crippen molar-refractivity contribution in [2.24, 2.45) is 0 Å². The average Bonchev–Trinajstić information content (AvgIpc) is 2.26. The van der Waals surface area contributed by atoms with Crippen molar-refractivity contribution in [3.8, 4) is 0 Å². The van der Waals surface area contributed by atoms with E-state index in [-0.39, 0.29) is 12.1 Å². The predicted molar refractivity (Wildman–Crippen MR) is 55.3 cm³/mol. The molecule has 0 aromatic heterocycles. The number of carbonyl (C=O) groups excluding carboxylic acids is 1. The molecular formula is C10H20N2O2. The van der Waals surface area contributed by atoms with E-state index < -0.39 is 0 Å². The first-order valence-corrected chi connectivity index (χ1v) is 5.34. The zero-order valence-corrected chi connectivity index (χ0v) is 9.08. The van der Waals surface area contributed by atoms with Crippen LogP contribution < -0.4 is 5.32 Å². The van der Waals surface area contributed by atoms with Gasteiger partial charge in [-0.15, -0.1) is 0 Å². The van der Waals surface area contributed by atoms with Crippen LogP contribution in [0.5, 0.6) is 0 Å². The Morgan fingerprint density at radius 1 is 1.57 bits per heavy atom. The number of rotatable bonds is 3. The summed E-state index contributed by atoms with van der Waals surface area (Å²) in [6.45, 7) is 4.17. The molecular weight excluding hydrogens is 180 g/mol. The lowest BCUT2D eigenvalue weighted by Crippen LogP contribution is -2.42. The van der Waals surface area contributed by atoms with Gasteiger partial charge in [-0.3, -0.25) is 0 Å². The van der Waals surface area contributed by atoms with Gasteiger partial charge in [-0.1, -0.05) is 0 Å². The summed E-state index contributed by atoms with van der Waals surface area (Å²) in [7, 11) is 1.79. The number of nitrogens with zero attached hydrogens (tertiary/aromatic N) is 1. The second kappa shape index (κ2) is 5.86. The molecule has 1 aliphatic heterocycles. The Balaban J connectivity index is 2.15. The summed E-state index contributed by atoms with van der Waals surface area (Å²) >= 11 is 0. The molecule has 1 N–H and O–H groups in total. The summed E-state index contributed by atoms with van der Waals surface area (Å²) in [5, 5.41) is 2.87. The van der Waals surface area contributed by atoms with Gasteiger partial charge in [0.25, 0.3) is 0 Å². The number of hydrogen-bond acceptors (Lipinski definition) is 2. The van der Waals surface area contributed by atoms with Crippen LogP contribution in [0.4, 0.5) is 4.79 Å². The Kier molecular flexibility index (Phi) is 4.73. The third-order valence-electron chi connectivity index (χ3n) is 2.58. The number of ether oxygens (including phenoxy) is 1. The van der Waals surface area contributed by atoms with Crippen LogP contribution in [0.25, 0.3) is 0 Å². The Labute approximate surface area is 85.6 Å². The summed E-state index contributed by atoms with van der Waals surface area (Å²) in [6, 6.07) is -0.0123. The fraction of sp³-hybridized carbons (Fsp3) is 0.900. The molecule has 0 aromatic carbocycles. The zero-order chi connectivity index (χ0) is 10.4. The van der Waals surface area contributed by atoms with Crippen molar-refractivity contribution in [1.29, 1.82) is 0 Å². The summed E-state index contributed by atoms with van der Waals surface area (Å²) in [6.07, 6.45) is 3.65. The molecule has 0 radical (unpaired) electrons. The van der Waals surface area contributed by atoms with Gasteiger partial charge in [0.05, 0.1) is 6.10 Å². The van der Waals surface area contributed by atoms with E-state index in [1.807, 2.05) is 6.92 Å². The predicted octanol–water partition coefficient (Wildman–Crippen LogP) is 1.22. The summed E-state index contributed by atoms with van der Waals surface area (Å²) < 4.78 is 5.51. The van der Waals surface area contributed by atoms with E-state index in [2.05, 4.69) is 5.32 Å². The molecule has 4 nitrogen and oxygen atoms in total. The Hall–Kier alpha value is -0.770. The van der Waals surface area contributed by atoms with Crippen molar-refractivity contribution >= 4 is 6.03 Å². The minimum absolute atomic E-state index is 0.0123. The van der Waals surface area contributed by atoms with Crippen LogP contribution in [-0.2, 0) is 4.74 Å². The van der Waals surface area contributed by atoms with E-state index in [9.17, 15) is 4.79 Å². The summed E-state index contributed by atoms with van der Waals surface area (Å²) in [4.78, 5) is 13.0. The van der Waals surface area contributed by atoms with E-state index >= 15 is 0 Å². The highest BCUT2D eigenvalue weighted by Gasteiger charge is 2.15. The van der Waals surface area contributed by atoms with E-state index in [0.717, 1.165) is 26.0 Å². The fourth-order valence-corrected chi connectivity index (χ4v) is 1.45. The summed E-state index contributed by atoms with van der Waals surface area (Å²) in [5.41, 5.74) is 0. The van der Waals surface area contributed by atoms with E-state index in [0.29, 0.717) is 6.54 Å². The monoisotopic (exact) mass is 200 g/mol. The van der Waals surface area contributed by atoms with Gasteiger partial charge in [0.15, 0.2) is 0 Å². The van der Waals surface area contributed by atoms with Gasteiger partial charge >= 0.3 is 6.03 Å². The maximum Gasteiger partial charge on any atom is 0.317 e. The molecule has 2 amide bonds. The first kappa shape index (κ1) is 11.3. The van der Waals surface area contributed by atoms with Gasteiger partial charge in [0, 0.05) is 26.7 Å². The SMILES string of the molecule is CCN(C)C(=O)NCC1CCCCO1. The van der Waals surface area contributed by atoms with Crippen LogP contribution in [0.15, 0.2) is 0 Å². The highest BCUT2D eigenvalue weighted by molar-refractivity contribution is 5.73. The van der Waals surface area contributed by atoms with Crippen LogP contribution in [0.1, 0.15) is 26.2 Å². The van der Waals surface area contributed by atoms with Crippen LogP contribution in [0.3, 0.4) is 0 Å². The fourth-order valence-electron chi connectivity index (χ4n) is 1.45. The Morgan fingerprint density at radius 3 is 2.93 bits per heavy atom. The molecule has 82 valence electrons. The van der Waals surface area contributed by atoms with Crippen molar-refractivity contribution < 1.29 is 9.53 Å². The first-order chi connectivity index (χ1) is 6.74. The van der Waals surface area contributed by atoms with Crippen molar-refractivity contribution in [2.45, 2.75) is 32.3 Å². The Morgan fingerprint density at radius 2 is 2.36 bits per heavy atom. The van der Waals surface area contributed by atoms with Gasteiger partial charge in [-0.05, 0) is 26.2 Å². The van der Waals surface area contributed by atoms with Crippen LogP contribution in [0.2, 0.25) is 0 Å². The second-order valence-corrected chi connectivity index (χ2v) is 3.69. The van der Waals surface area contributed by atoms with Gasteiger partial charge in [-0.2, -0.15) is 0 Å². The normalized spacial score (nSPS) is 21.7. The zero-order valence-electron chi connectivity index (χ0n) is 9.08. The van der Waals surface area contributed by atoms with Crippen molar-refractivity contribution in [3.05, 3.63) is 0 Å². The molecule has 0 bridgehead atoms. The molecule has 0 saturated carbocycles. The highest BCUT2D eigenvalue weighted by Crippen LogP contribution is 2.11. The number of nitrogens with one attached hydrogen (secondary N) is 1. The molecule has 0 spiro atoms. The number of carbonyl (C=O) groups is 1. The van der Waals surface area contributed by atoms with Crippen molar-refractivity contribution in [1.82, 2.24) is 10.2 Å². The van der Waals surface area contributed by atoms with Crippen molar-refractivity contribution in [3.63, 3.8) is 0 Å². The molecule has 1 saturated heterocycles. The Bertz CT molecular complexity index is 179.